The summed E-state index contributed by atoms with van der Waals surface area (Å²) in [6, 6.07) is -0.135. The Bertz CT molecular complexity index is 1080. The third-order valence-corrected chi connectivity index (χ3v) is 9.13. The van der Waals surface area contributed by atoms with Gasteiger partial charge in [-0.3, -0.25) is 9.36 Å². The first-order chi connectivity index (χ1) is 15.9. The molecule has 34 heavy (non-hydrogen) atoms. The maximum Gasteiger partial charge on any atom is 0.297 e. The van der Waals surface area contributed by atoms with Gasteiger partial charge in [-0.1, -0.05) is 32.9 Å². The highest BCUT2D eigenvalue weighted by Gasteiger charge is 2.76. The number of Topliss-reactive ketones (excluding diaryl/α,β-unsaturated/α-hetero) is 1. The minimum absolute atomic E-state index is 0.0524. The highest BCUT2D eigenvalue weighted by atomic mass is 19.3. The zero-order valence-electron chi connectivity index (χ0n) is 19.8. The van der Waals surface area contributed by atoms with E-state index in [0.29, 0.717) is 12.0 Å². The normalized spacial score (nSPS) is 42.4. The van der Waals surface area contributed by atoms with Gasteiger partial charge in [0, 0.05) is 18.3 Å². The highest BCUT2D eigenvalue weighted by Crippen LogP contribution is 2.71. The average molecular weight is 479 g/mol. The molecular weight excluding hydrogens is 446 g/mol. The van der Waals surface area contributed by atoms with Gasteiger partial charge in [0.2, 0.25) is 0 Å². The van der Waals surface area contributed by atoms with E-state index in [4.69, 9.17) is 4.74 Å². The Labute approximate surface area is 197 Å². The molecule has 1 heterocycles. The third kappa shape index (κ3) is 2.83. The van der Waals surface area contributed by atoms with Crippen LogP contribution >= 0.6 is 0 Å². The predicted octanol–water partition coefficient (Wildman–Crippen LogP) is 2.36. The van der Waals surface area contributed by atoms with Gasteiger partial charge < -0.3 is 20.1 Å². The number of aliphatic hydroxyl groups is 3. The van der Waals surface area contributed by atoms with Crippen molar-refractivity contribution < 1.29 is 33.6 Å². The second-order valence-corrected chi connectivity index (χ2v) is 11.1. The summed E-state index contributed by atoms with van der Waals surface area (Å²) in [6.07, 6.45) is 1.27. The first kappa shape index (κ1) is 23.6. The summed E-state index contributed by atoms with van der Waals surface area (Å²) in [7, 11) is 0. The van der Waals surface area contributed by atoms with E-state index in [2.05, 4.69) is 18.8 Å². The Balaban J connectivity index is 1.64. The van der Waals surface area contributed by atoms with Crippen molar-refractivity contribution in [3.63, 3.8) is 0 Å². The maximum atomic E-state index is 14.3. The van der Waals surface area contributed by atoms with E-state index in [-0.39, 0.29) is 40.5 Å². The molecule has 9 heteroatoms. The van der Waals surface area contributed by atoms with Gasteiger partial charge >= 0.3 is 0 Å². The molecule has 2 fully saturated rings. The van der Waals surface area contributed by atoms with Gasteiger partial charge in [0.05, 0.1) is 18.6 Å². The van der Waals surface area contributed by atoms with E-state index in [0.717, 1.165) is 4.57 Å². The van der Waals surface area contributed by atoms with Crippen LogP contribution in [0.4, 0.5) is 8.78 Å². The number of ether oxygens (including phenoxy) is 1. The Morgan fingerprint density at radius 2 is 2.06 bits per heavy atom. The Kier molecular flexibility index (Phi) is 5.18. The standard InChI is InChI=1S/C25H32F2N2O5/c1-12-9-24-13(2)7-16-18(23(16,3)4)15(20(24)32)8-14(11-30)19(31)25(24,33)21(12)34-22-28-5-6-29(22)10-17(26)27/h5-6,8-9,13,15-19,21,30-31,33H,7,10-11H2,1-4H3/t13-,15+,16-,18+,19-,21+,24?,25+/m1/s1. The third-order valence-electron chi connectivity index (χ3n) is 9.13. The zero-order chi connectivity index (χ0) is 24.8. The molecule has 186 valence electrons. The number of carbonyl (C=O) groups is 1. The van der Waals surface area contributed by atoms with Crippen LogP contribution in [0, 0.1) is 34.5 Å². The molecule has 1 aromatic heterocycles. The highest BCUT2D eigenvalue weighted by molar-refractivity contribution is 5.95. The molecule has 1 spiro atoms. The number of aromatic nitrogens is 2. The number of hydrogen-bond donors (Lipinski definition) is 3. The van der Waals surface area contributed by atoms with Crippen LogP contribution in [-0.4, -0.2) is 61.5 Å². The summed E-state index contributed by atoms with van der Waals surface area (Å²) in [5, 5.41) is 34.0. The lowest BCUT2D eigenvalue weighted by Gasteiger charge is -2.48. The van der Waals surface area contributed by atoms with E-state index in [1.807, 2.05) is 6.92 Å². The number of rotatable bonds is 5. The second-order valence-electron chi connectivity index (χ2n) is 11.1. The van der Waals surface area contributed by atoms with Crippen molar-refractivity contribution in [3.05, 3.63) is 35.7 Å². The van der Waals surface area contributed by atoms with Gasteiger partial charge in [0.15, 0.2) is 17.5 Å². The number of imidazole rings is 1. The van der Waals surface area contributed by atoms with E-state index in [1.165, 1.54) is 12.4 Å². The quantitative estimate of drug-likeness (QED) is 0.562. The molecule has 1 unspecified atom stereocenters. The fraction of sp³-hybridized carbons (Fsp3) is 0.680. The molecule has 8 atom stereocenters. The van der Waals surface area contributed by atoms with Crippen molar-refractivity contribution in [3.8, 4) is 6.01 Å². The Morgan fingerprint density at radius 1 is 1.35 bits per heavy atom. The molecular formula is C25H32F2N2O5. The number of allylic oxidation sites excluding steroid dienone is 1. The summed E-state index contributed by atoms with van der Waals surface area (Å²) in [6.45, 7) is 6.70. The summed E-state index contributed by atoms with van der Waals surface area (Å²) < 4.78 is 33.3. The molecule has 0 saturated heterocycles. The smallest absolute Gasteiger partial charge is 0.297 e. The molecule has 0 amide bonds. The van der Waals surface area contributed by atoms with Gasteiger partial charge in [0.25, 0.3) is 12.4 Å². The number of aliphatic hydroxyl groups excluding tert-OH is 2. The summed E-state index contributed by atoms with van der Waals surface area (Å²) in [5.74, 6) is -0.750. The minimum Gasteiger partial charge on any atom is -0.454 e. The van der Waals surface area contributed by atoms with Crippen molar-refractivity contribution in [1.82, 2.24) is 9.55 Å². The van der Waals surface area contributed by atoms with E-state index in [9.17, 15) is 28.9 Å². The molecule has 0 aromatic carbocycles. The maximum absolute atomic E-state index is 14.3. The van der Waals surface area contributed by atoms with Crippen molar-refractivity contribution in [2.75, 3.05) is 6.61 Å². The molecule has 4 aliphatic rings. The van der Waals surface area contributed by atoms with Gasteiger partial charge in [-0.05, 0) is 47.7 Å². The first-order valence-corrected chi connectivity index (χ1v) is 11.8. The van der Waals surface area contributed by atoms with Gasteiger partial charge in [-0.25, -0.2) is 13.8 Å². The minimum atomic E-state index is -2.64. The van der Waals surface area contributed by atoms with Crippen molar-refractivity contribution in [2.45, 2.75) is 64.9 Å². The SMILES string of the molecule is CC1=CC23C(=O)[C@@H](C=C(CO)[C@@H](O)[C@]2(O)[C@H]1Oc1nccn1CC(F)F)[C@H]1[C@@H](C[C@H]3C)C1(C)C. The first-order valence-electron chi connectivity index (χ1n) is 11.8. The molecule has 0 radical (unpaired) electrons. The van der Waals surface area contributed by atoms with Crippen LogP contribution in [-0.2, 0) is 11.3 Å². The molecule has 7 nitrogen and oxygen atoms in total. The van der Waals surface area contributed by atoms with Crippen molar-refractivity contribution in [1.29, 1.82) is 0 Å². The Hall–Kier alpha value is -2.10. The molecule has 4 aliphatic carbocycles. The van der Waals surface area contributed by atoms with Gasteiger partial charge in [-0.15, -0.1) is 0 Å². The molecule has 1 aromatic rings. The Morgan fingerprint density at radius 3 is 2.71 bits per heavy atom. The fourth-order valence-corrected chi connectivity index (χ4v) is 7.40. The van der Waals surface area contributed by atoms with Crippen LogP contribution < -0.4 is 4.74 Å². The van der Waals surface area contributed by atoms with E-state index >= 15 is 0 Å². The lowest BCUT2D eigenvalue weighted by molar-refractivity contribution is -0.187. The summed E-state index contributed by atoms with van der Waals surface area (Å²) >= 11 is 0. The topological polar surface area (TPSA) is 105 Å². The van der Waals surface area contributed by atoms with Crippen LogP contribution in [0.3, 0.4) is 0 Å². The summed E-state index contributed by atoms with van der Waals surface area (Å²) in [4.78, 5) is 18.3. The zero-order valence-corrected chi connectivity index (χ0v) is 19.8. The number of fused-ring (bicyclic) bond motifs is 3. The molecule has 5 rings (SSSR count). The number of halogens is 2. The monoisotopic (exact) mass is 478 g/mol. The van der Waals surface area contributed by atoms with Crippen molar-refractivity contribution >= 4 is 5.78 Å². The fourth-order valence-electron chi connectivity index (χ4n) is 7.40. The van der Waals surface area contributed by atoms with Crippen LogP contribution in [0.2, 0.25) is 0 Å². The summed E-state index contributed by atoms with van der Waals surface area (Å²) in [5.41, 5.74) is -2.97. The van der Waals surface area contributed by atoms with Crippen LogP contribution in [0.25, 0.3) is 0 Å². The molecule has 3 N–H and O–H groups in total. The largest absolute Gasteiger partial charge is 0.454 e. The molecule has 2 bridgehead atoms. The second kappa shape index (κ2) is 7.45. The lowest BCUT2D eigenvalue weighted by atomic mass is 9.59. The van der Waals surface area contributed by atoms with Crippen molar-refractivity contribution in [2.24, 2.45) is 34.5 Å². The number of nitrogens with zero attached hydrogens (tertiary/aromatic N) is 2. The van der Waals surface area contributed by atoms with Crippen LogP contribution in [0.1, 0.15) is 34.1 Å². The number of alkyl halides is 2. The number of hydrogen-bond acceptors (Lipinski definition) is 6. The number of carbonyl (C=O) groups excluding carboxylic acids is 1. The van der Waals surface area contributed by atoms with E-state index in [1.54, 1.807) is 19.1 Å². The molecule has 0 aliphatic heterocycles. The van der Waals surface area contributed by atoms with E-state index < -0.39 is 48.7 Å². The lowest BCUT2D eigenvalue weighted by Crippen LogP contribution is -2.66. The molecule has 2 saturated carbocycles. The van der Waals surface area contributed by atoms with Gasteiger partial charge in [0.1, 0.15) is 6.10 Å². The van der Waals surface area contributed by atoms with Crippen LogP contribution in [0.5, 0.6) is 6.01 Å². The van der Waals surface area contributed by atoms with Crippen LogP contribution in [0.15, 0.2) is 35.7 Å². The predicted molar refractivity (Wildman–Crippen MR) is 118 cm³/mol. The number of ketones is 1. The van der Waals surface area contributed by atoms with Gasteiger partial charge in [-0.2, -0.15) is 0 Å². The average Bonchev–Trinajstić information content (AvgIpc) is 3.04.